The van der Waals surface area contributed by atoms with Crippen LogP contribution < -0.4 is 10.6 Å². The lowest BCUT2D eigenvalue weighted by molar-refractivity contribution is -0.142. The number of hydrogen-bond acceptors (Lipinski definition) is 4. The summed E-state index contributed by atoms with van der Waals surface area (Å²) in [4.78, 5) is 21.1. The minimum atomic E-state index is -1.30. The van der Waals surface area contributed by atoms with Crippen molar-refractivity contribution in [2.75, 3.05) is 11.9 Å². The van der Waals surface area contributed by atoms with Gasteiger partial charge in [-0.3, -0.25) is 9.59 Å². The largest absolute Gasteiger partial charge is 0.481 e. The van der Waals surface area contributed by atoms with E-state index in [9.17, 15) is 19.2 Å². The van der Waals surface area contributed by atoms with Crippen LogP contribution in [0.4, 0.5) is 14.5 Å². The summed E-state index contributed by atoms with van der Waals surface area (Å²) in [5.41, 5.74) is -0.450. The van der Waals surface area contributed by atoms with Crippen LogP contribution in [0.25, 0.3) is 0 Å². The molecule has 1 saturated heterocycles. The summed E-state index contributed by atoms with van der Waals surface area (Å²) < 4.78 is 29.9. The number of aliphatic carboxylic acids is 1. The fourth-order valence-corrected chi connectivity index (χ4v) is 5.75. The molecule has 0 saturated carbocycles. The third kappa shape index (κ3) is 8.61. The quantitative estimate of drug-likeness (QED) is 0.220. The molecule has 1 fully saturated rings. The Kier molecular flexibility index (Phi) is 13.1. The van der Waals surface area contributed by atoms with E-state index in [1.807, 2.05) is 13.8 Å². The zero-order chi connectivity index (χ0) is 34.2. The number of carboxylic acids is 1. The number of carboxylic acid groups (broad SMARTS) is 1. The lowest BCUT2D eigenvalue weighted by Gasteiger charge is -2.37. The Bertz CT molecular complexity index is 1520. The van der Waals surface area contributed by atoms with Gasteiger partial charge in [-0.2, -0.15) is 5.26 Å². The lowest BCUT2D eigenvalue weighted by atomic mass is 9.64. The molecule has 1 heterocycles. The maximum atomic E-state index is 15.0. The van der Waals surface area contributed by atoms with Gasteiger partial charge in [0.1, 0.15) is 17.0 Å². The number of rotatable bonds is 7. The number of carbonyl (C=O) groups excluding carboxylic acids is 1. The first-order valence-corrected chi connectivity index (χ1v) is 15.4. The first-order chi connectivity index (χ1) is 21.1. The molecule has 10 heteroatoms. The maximum Gasteiger partial charge on any atom is 0.313 e. The first-order valence-electron chi connectivity index (χ1n) is 14.7. The van der Waals surface area contributed by atoms with Crippen molar-refractivity contribution in [3.63, 3.8) is 0 Å². The summed E-state index contributed by atoms with van der Waals surface area (Å²) in [6.45, 7) is 13.8. The van der Waals surface area contributed by atoms with Crippen molar-refractivity contribution in [3.8, 4) is 6.07 Å². The number of benzene rings is 3. The maximum absolute atomic E-state index is 15.0. The number of anilines is 1. The average molecular weight is 661 g/mol. The van der Waals surface area contributed by atoms with Gasteiger partial charge in [0.25, 0.3) is 0 Å². The van der Waals surface area contributed by atoms with E-state index in [1.165, 1.54) is 12.1 Å². The van der Waals surface area contributed by atoms with E-state index in [0.717, 1.165) is 0 Å². The molecule has 45 heavy (non-hydrogen) atoms. The number of hydrogen-bond donors (Lipinski definition) is 3. The summed E-state index contributed by atoms with van der Waals surface area (Å²) in [7, 11) is 0. The molecule has 4 rings (SSSR count). The highest BCUT2D eigenvalue weighted by atomic mass is 35.5. The molecular weight excluding hydrogens is 619 g/mol. The minimum Gasteiger partial charge on any atom is -0.481 e. The van der Waals surface area contributed by atoms with Crippen LogP contribution in [-0.4, -0.2) is 30.1 Å². The van der Waals surface area contributed by atoms with Gasteiger partial charge in [-0.15, -0.1) is 0 Å². The zero-order valence-electron chi connectivity index (χ0n) is 26.6. The molecule has 1 amide bonds. The van der Waals surface area contributed by atoms with E-state index < -0.39 is 34.4 Å². The summed E-state index contributed by atoms with van der Waals surface area (Å²) in [6.07, 6.45) is 1.19. The van der Waals surface area contributed by atoms with Crippen LogP contribution in [0.15, 0.2) is 60.7 Å². The molecule has 0 radical (unpaired) electrons. The van der Waals surface area contributed by atoms with Gasteiger partial charge in [-0.25, -0.2) is 8.78 Å². The monoisotopic (exact) mass is 659 g/mol. The SMILES string of the molecule is CC.CC(C)(C(=O)O)c1ccc(NC=O)cc1.CC(C)(C)CC1NCC(c2cccc(Cl)c2F)[C@@]1(C#N)c1ccc(Cl)cc1F. The Labute approximate surface area is 274 Å². The van der Waals surface area contributed by atoms with E-state index in [0.29, 0.717) is 36.2 Å². The van der Waals surface area contributed by atoms with Gasteiger partial charge in [-0.05, 0) is 67.1 Å². The Hall–Kier alpha value is -3.51. The molecule has 0 aromatic heterocycles. The van der Waals surface area contributed by atoms with Crippen LogP contribution >= 0.6 is 23.2 Å². The smallest absolute Gasteiger partial charge is 0.313 e. The number of nitrogens with zero attached hydrogens (tertiary/aromatic N) is 1. The molecule has 3 aromatic rings. The Morgan fingerprint density at radius 2 is 1.71 bits per heavy atom. The summed E-state index contributed by atoms with van der Waals surface area (Å²) >= 11 is 11.9. The number of halogens is 4. The van der Waals surface area contributed by atoms with Gasteiger partial charge >= 0.3 is 5.97 Å². The minimum absolute atomic E-state index is 0.0137. The van der Waals surface area contributed by atoms with Gasteiger partial charge in [0, 0.05) is 34.8 Å². The van der Waals surface area contributed by atoms with Crippen molar-refractivity contribution in [1.29, 1.82) is 5.26 Å². The van der Waals surface area contributed by atoms with Gasteiger partial charge in [-0.1, -0.05) is 88.2 Å². The molecule has 2 unspecified atom stereocenters. The van der Waals surface area contributed by atoms with E-state index in [1.54, 1.807) is 62.4 Å². The predicted molar refractivity (Wildman–Crippen MR) is 177 cm³/mol. The number of carbonyl (C=O) groups is 2. The molecular formula is C35H41Cl2F2N3O3. The van der Waals surface area contributed by atoms with Gasteiger partial charge in [0.15, 0.2) is 0 Å². The van der Waals surface area contributed by atoms with E-state index in [4.69, 9.17) is 28.3 Å². The summed E-state index contributed by atoms with van der Waals surface area (Å²) in [5.74, 6) is -2.61. The Morgan fingerprint density at radius 1 is 1.09 bits per heavy atom. The van der Waals surface area contributed by atoms with Crippen LogP contribution in [0.5, 0.6) is 0 Å². The van der Waals surface area contributed by atoms with Gasteiger partial charge in [0.05, 0.1) is 16.5 Å². The molecule has 0 spiro atoms. The molecule has 1 aliphatic rings. The second-order valence-electron chi connectivity index (χ2n) is 12.3. The van der Waals surface area contributed by atoms with Crippen molar-refractivity contribution >= 4 is 41.3 Å². The normalized spacial score (nSPS) is 19.2. The fraction of sp³-hybridized carbons (Fsp3) is 0.400. The number of nitrogens with one attached hydrogen (secondary N) is 2. The van der Waals surface area contributed by atoms with Gasteiger partial charge in [0.2, 0.25) is 6.41 Å². The number of nitriles is 1. The van der Waals surface area contributed by atoms with Crippen molar-refractivity contribution in [1.82, 2.24) is 5.32 Å². The Balaban J connectivity index is 0.000000351. The first kappa shape index (κ1) is 37.7. The number of amides is 1. The highest BCUT2D eigenvalue weighted by Crippen LogP contribution is 2.50. The molecule has 1 aliphatic heterocycles. The standard InChI is InChI=1S/C22H22Cl2F2N2.C11H13NO3.C2H6/c1-21(2,3)10-19-22(12-27,15-8-7-13(23)9-18(15)25)16(11-28-19)14-5-4-6-17(24)20(14)26;1-11(2,10(14)15)8-3-5-9(6-4-8)12-7-13;1-2/h4-9,16,19,28H,10-11H2,1-3H3;3-7H,1-2H3,(H,12,13)(H,14,15);1-2H3/t16?,19?,22-;;/m1../s1. The molecule has 242 valence electrons. The van der Waals surface area contributed by atoms with E-state index >= 15 is 4.39 Å². The fourth-order valence-electron chi connectivity index (χ4n) is 5.41. The third-order valence-corrected chi connectivity index (χ3v) is 8.30. The van der Waals surface area contributed by atoms with Crippen molar-refractivity contribution in [3.05, 3.63) is 99.0 Å². The average Bonchev–Trinajstić information content (AvgIpc) is 3.33. The van der Waals surface area contributed by atoms with Crippen molar-refractivity contribution < 1.29 is 23.5 Å². The van der Waals surface area contributed by atoms with Crippen LogP contribution in [0.2, 0.25) is 10.0 Å². The van der Waals surface area contributed by atoms with Crippen LogP contribution in [0.1, 0.15) is 77.5 Å². The van der Waals surface area contributed by atoms with Crippen molar-refractivity contribution in [2.45, 2.75) is 77.7 Å². The highest BCUT2D eigenvalue weighted by molar-refractivity contribution is 6.31. The van der Waals surface area contributed by atoms with Crippen molar-refractivity contribution in [2.24, 2.45) is 5.41 Å². The van der Waals surface area contributed by atoms with Crippen LogP contribution in [0, 0.1) is 28.4 Å². The predicted octanol–water partition coefficient (Wildman–Crippen LogP) is 8.87. The third-order valence-electron chi connectivity index (χ3n) is 7.77. The zero-order valence-corrected chi connectivity index (χ0v) is 28.2. The van der Waals surface area contributed by atoms with E-state index in [2.05, 4.69) is 37.5 Å². The molecule has 0 aliphatic carbocycles. The molecule has 3 atom stereocenters. The Morgan fingerprint density at radius 3 is 2.22 bits per heavy atom. The lowest BCUT2D eigenvalue weighted by Crippen LogP contribution is -2.44. The molecule has 6 nitrogen and oxygen atoms in total. The summed E-state index contributed by atoms with van der Waals surface area (Å²) in [5, 5.41) is 25.5. The van der Waals surface area contributed by atoms with Crippen LogP contribution in [0.3, 0.4) is 0 Å². The summed E-state index contributed by atoms with van der Waals surface area (Å²) in [6, 6.07) is 17.8. The second kappa shape index (κ2) is 15.7. The van der Waals surface area contributed by atoms with Crippen LogP contribution in [-0.2, 0) is 20.4 Å². The molecule has 3 aromatic carbocycles. The van der Waals surface area contributed by atoms with E-state index in [-0.39, 0.29) is 27.1 Å². The molecule has 0 bridgehead atoms. The highest BCUT2D eigenvalue weighted by Gasteiger charge is 2.55. The second-order valence-corrected chi connectivity index (χ2v) is 13.1. The van der Waals surface area contributed by atoms with Gasteiger partial charge < -0.3 is 15.7 Å². The molecule has 3 N–H and O–H groups in total. The topological polar surface area (TPSA) is 102 Å².